The number of hydrogen-bond acceptors (Lipinski definition) is 4. The Morgan fingerprint density at radius 3 is 2.62 bits per heavy atom. The molecule has 4 rings (SSSR count). The molecular weight excluding hydrogens is 400 g/mol. The molecule has 6 heteroatoms. The van der Waals surface area contributed by atoms with Crippen LogP contribution in [0.2, 0.25) is 0 Å². The van der Waals surface area contributed by atoms with Crippen molar-refractivity contribution in [3.05, 3.63) is 70.1 Å². The molecular formula is C26H32N4O2. The topological polar surface area (TPSA) is 78.1 Å². The van der Waals surface area contributed by atoms with E-state index in [1.54, 1.807) is 19.1 Å². The number of benzene rings is 2. The summed E-state index contributed by atoms with van der Waals surface area (Å²) < 4.78 is 0. The van der Waals surface area contributed by atoms with Gasteiger partial charge in [0.25, 0.3) is 5.56 Å². The van der Waals surface area contributed by atoms with E-state index in [4.69, 9.17) is 0 Å². The van der Waals surface area contributed by atoms with Crippen molar-refractivity contribution in [1.82, 2.24) is 15.1 Å². The van der Waals surface area contributed by atoms with Crippen LogP contribution in [0.1, 0.15) is 43.9 Å². The third-order valence-electron chi connectivity index (χ3n) is 6.84. The molecule has 0 bridgehead atoms. The maximum absolute atomic E-state index is 12.9. The number of aromatic nitrogens is 2. The van der Waals surface area contributed by atoms with Gasteiger partial charge in [0.2, 0.25) is 5.91 Å². The number of fused-ring (bicyclic) bond motifs is 1. The average molecular weight is 433 g/mol. The van der Waals surface area contributed by atoms with Gasteiger partial charge in [0.05, 0.1) is 17.0 Å². The number of H-pyrrole nitrogens is 1. The van der Waals surface area contributed by atoms with Crippen LogP contribution in [0, 0.1) is 11.8 Å². The summed E-state index contributed by atoms with van der Waals surface area (Å²) in [7, 11) is 2.20. The van der Waals surface area contributed by atoms with Crippen molar-refractivity contribution >= 4 is 22.4 Å². The molecule has 2 N–H and O–H groups in total. The molecule has 6 nitrogen and oxygen atoms in total. The molecule has 1 amide bonds. The summed E-state index contributed by atoms with van der Waals surface area (Å²) in [6.07, 6.45) is 3.55. The van der Waals surface area contributed by atoms with Crippen LogP contribution in [-0.4, -0.2) is 41.1 Å². The minimum atomic E-state index is -0.498. The number of rotatable bonds is 6. The van der Waals surface area contributed by atoms with Gasteiger partial charge in [0, 0.05) is 17.6 Å². The van der Waals surface area contributed by atoms with Crippen LogP contribution in [0.4, 0.5) is 5.69 Å². The standard InChI is InChI=1S/C26H32N4O2/c1-17-16-30(3)15-14-20(17)11-8-19-9-12-21(13-10-19)27-25(31)18(2)24-22-6-4-5-7-23(22)26(32)29-28-24/h4-7,9-10,12-13,17-18,20H,8,11,14-16H2,1-3H3,(H,27,31)(H,29,32). The van der Waals surface area contributed by atoms with Gasteiger partial charge in [-0.05, 0) is 75.4 Å². The first-order valence-corrected chi connectivity index (χ1v) is 11.5. The van der Waals surface area contributed by atoms with Crippen molar-refractivity contribution in [2.24, 2.45) is 11.8 Å². The molecule has 0 aliphatic carbocycles. The van der Waals surface area contributed by atoms with Gasteiger partial charge < -0.3 is 10.2 Å². The minimum Gasteiger partial charge on any atom is -0.326 e. The van der Waals surface area contributed by atoms with Gasteiger partial charge in [-0.1, -0.05) is 37.3 Å². The highest BCUT2D eigenvalue weighted by Gasteiger charge is 2.24. The van der Waals surface area contributed by atoms with Crippen molar-refractivity contribution in [3.63, 3.8) is 0 Å². The fourth-order valence-corrected chi connectivity index (χ4v) is 4.78. The van der Waals surface area contributed by atoms with Crippen LogP contribution < -0.4 is 10.9 Å². The molecule has 1 fully saturated rings. The van der Waals surface area contributed by atoms with Crippen LogP contribution in [0.5, 0.6) is 0 Å². The van der Waals surface area contributed by atoms with Crippen molar-refractivity contribution < 1.29 is 4.79 Å². The SMILES string of the molecule is CC(C(=O)Nc1ccc(CCC2CCN(C)CC2C)cc1)c1n[nH]c(=O)c2ccccc12. The van der Waals surface area contributed by atoms with E-state index in [9.17, 15) is 9.59 Å². The first kappa shape index (κ1) is 22.2. The fourth-order valence-electron chi connectivity index (χ4n) is 4.78. The highest BCUT2D eigenvalue weighted by Crippen LogP contribution is 2.27. The largest absolute Gasteiger partial charge is 0.326 e. The first-order chi connectivity index (χ1) is 15.4. The number of anilines is 1. The summed E-state index contributed by atoms with van der Waals surface area (Å²) in [5.74, 6) is 0.877. The Kier molecular flexibility index (Phi) is 6.70. The van der Waals surface area contributed by atoms with Gasteiger partial charge in [-0.25, -0.2) is 5.10 Å². The number of hydrogen-bond donors (Lipinski definition) is 2. The van der Waals surface area contributed by atoms with E-state index in [1.807, 2.05) is 24.3 Å². The summed E-state index contributed by atoms with van der Waals surface area (Å²) in [6, 6.07) is 15.4. The molecule has 2 aromatic carbocycles. The van der Waals surface area contributed by atoms with Crippen LogP contribution in [0.25, 0.3) is 10.8 Å². The number of likely N-dealkylation sites (tertiary alicyclic amines) is 1. The van der Waals surface area contributed by atoms with E-state index in [0.717, 1.165) is 23.9 Å². The third-order valence-corrected chi connectivity index (χ3v) is 6.84. The molecule has 1 aromatic heterocycles. The zero-order valence-electron chi connectivity index (χ0n) is 19.1. The van der Waals surface area contributed by atoms with Crippen LogP contribution >= 0.6 is 0 Å². The smallest absolute Gasteiger partial charge is 0.272 e. The van der Waals surface area contributed by atoms with Gasteiger partial charge in [0.15, 0.2) is 0 Å². The lowest BCUT2D eigenvalue weighted by atomic mass is 9.83. The van der Waals surface area contributed by atoms with Gasteiger partial charge in [-0.15, -0.1) is 0 Å². The highest BCUT2D eigenvalue weighted by molar-refractivity contribution is 5.98. The maximum atomic E-state index is 12.9. The van der Waals surface area contributed by atoms with Gasteiger partial charge >= 0.3 is 0 Å². The fraction of sp³-hybridized carbons (Fsp3) is 0.423. The van der Waals surface area contributed by atoms with Gasteiger partial charge in [-0.3, -0.25) is 9.59 Å². The van der Waals surface area contributed by atoms with Gasteiger partial charge in [0.1, 0.15) is 0 Å². The van der Waals surface area contributed by atoms with E-state index in [0.29, 0.717) is 16.5 Å². The normalized spacial score (nSPS) is 20.2. The molecule has 2 heterocycles. The predicted octanol–water partition coefficient (Wildman–Crippen LogP) is 4.19. The Labute approximate surface area is 189 Å². The monoisotopic (exact) mass is 432 g/mol. The second-order valence-electron chi connectivity index (χ2n) is 9.22. The van der Waals surface area contributed by atoms with Crippen LogP contribution in [0.15, 0.2) is 53.3 Å². The summed E-state index contributed by atoms with van der Waals surface area (Å²) in [5.41, 5.74) is 2.39. The zero-order chi connectivity index (χ0) is 22.7. The van der Waals surface area contributed by atoms with Gasteiger partial charge in [-0.2, -0.15) is 5.10 Å². The third kappa shape index (κ3) is 4.91. The lowest BCUT2D eigenvalue weighted by Gasteiger charge is -2.34. The molecule has 1 saturated heterocycles. The Hall–Kier alpha value is -2.99. The number of aryl methyl sites for hydroxylation is 1. The Morgan fingerprint density at radius 2 is 1.91 bits per heavy atom. The average Bonchev–Trinajstić information content (AvgIpc) is 2.79. The quantitative estimate of drug-likeness (QED) is 0.612. The number of piperidine rings is 1. The van der Waals surface area contributed by atoms with E-state index < -0.39 is 5.92 Å². The number of carbonyl (C=O) groups excluding carboxylic acids is 1. The molecule has 3 aromatic rings. The summed E-state index contributed by atoms with van der Waals surface area (Å²) in [5, 5.41) is 10.9. The summed E-state index contributed by atoms with van der Waals surface area (Å²) >= 11 is 0. The molecule has 168 valence electrons. The summed E-state index contributed by atoms with van der Waals surface area (Å²) in [4.78, 5) is 27.3. The van der Waals surface area contributed by atoms with Crippen LogP contribution in [0.3, 0.4) is 0 Å². The second-order valence-corrected chi connectivity index (χ2v) is 9.22. The Bertz CT molecular complexity index is 1140. The molecule has 3 atom stereocenters. The number of amides is 1. The number of nitrogens with one attached hydrogen (secondary N) is 2. The van der Waals surface area contributed by atoms with Crippen molar-refractivity contribution in [2.75, 3.05) is 25.5 Å². The minimum absolute atomic E-state index is 0.150. The number of aromatic amines is 1. The van der Waals surface area contributed by atoms with Crippen molar-refractivity contribution in [2.45, 2.75) is 39.0 Å². The first-order valence-electron chi connectivity index (χ1n) is 11.5. The van der Waals surface area contributed by atoms with E-state index in [2.05, 4.69) is 46.5 Å². The van der Waals surface area contributed by atoms with E-state index >= 15 is 0 Å². The molecule has 3 unspecified atom stereocenters. The highest BCUT2D eigenvalue weighted by atomic mass is 16.2. The zero-order valence-corrected chi connectivity index (χ0v) is 19.1. The lowest BCUT2D eigenvalue weighted by molar-refractivity contribution is -0.117. The van der Waals surface area contributed by atoms with E-state index in [1.165, 1.54) is 31.5 Å². The Balaban J connectivity index is 1.38. The van der Waals surface area contributed by atoms with E-state index in [-0.39, 0.29) is 11.5 Å². The maximum Gasteiger partial charge on any atom is 0.272 e. The number of carbonyl (C=O) groups is 1. The molecule has 0 radical (unpaired) electrons. The number of nitrogens with zero attached hydrogens (tertiary/aromatic N) is 2. The Morgan fingerprint density at radius 1 is 1.19 bits per heavy atom. The summed E-state index contributed by atoms with van der Waals surface area (Å²) in [6.45, 7) is 6.55. The molecule has 0 saturated carbocycles. The molecule has 0 spiro atoms. The molecule has 1 aliphatic rings. The lowest BCUT2D eigenvalue weighted by Crippen LogP contribution is -2.36. The second kappa shape index (κ2) is 9.65. The molecule has 32 heavy (non-hydrogen) atoms. The van der Waals surface area contributed by atoms with Crippen LogP contribution in [-0.2, 0) is 11.2 Å². The van der Waals surface area contributed by atoms with Crippen molar-refractivity contribution in [1.29, 1.82) is 0 Å². The predicted molar refractivity (Wildman–Crippen MR) is 129 cm³/mol. The molecule has 1 aliphatic heterocycles. The van der Waals surface area contributed by atoms with Crippen molar-refractivity contribution in [3.8, 4) is 0 Å².